The fourth-order valence-electron chi connectivity index (χ4n) is 2.59. The molecule has 9 heteroatoms. The van der Waals surface area contributed by atoms with Crippen molar-refractivity contribution in [2.75, 3.05) is 13.1 Å². The van der Waals surface area contributed by atoms with Crippen LogP contribution < -0.4 is 0 Å². The van der Waals surface area contributed by atoms with Gasteiger partial charge >= 0.3 is 6.18 Å². The monoisotopic (exact) mass is 396 g/mol. The molecule has 1 amide bonds. The van der Waals surface area contributed by atoms with Crippen LogP contribution in [0.3, 0.4) is 0 Å². The second kappa shape index (κ2) is 5.19. The van der Waals surface area contributed by atoms with Gasteiger partial charge < -0.3 is 9.47 Å². The Morgan fingerprint density at radius 1 is 1.26 bits per heavy atom. The standard InChI is InChI=1S/C14H10BrF5N2O/c15-8-1-2-9-10(12(23)22-5-13(16,17)6-22)4-21(11(9)3-8)7-14(18,19)20/h1-4H,5-7H2. The number of hydrogen-bond donors (Lipinski definition) is 0. The van der Waals surface area contributed by atoms with Gasteiger partial charge in [0, 0.05) is 16.1 Å². The maximum absolute atomic E-state index is 12.9. The predicted molar refractivity (Wildman–Crippen MR) is 76.5 cm³/mol. The fourth-order valence-corrected chi connectivity index (χ4v) is 2.93. The van der Waals surface area contributed by atoms with Gasteiger partial charge in [0.2, 0.25) is 0 Å². The Morgan fingerprint density at radius 3 is 2.48 bits per heavy atom. The van der Waals surface area contributed by atoms with Crippen LogP contribution >= 0.6 is 15.9 Å². The summed E-state index contributed by atoms with van der Waals surface area (Å²) in [5.74, 6) is -3.62. The smallest absolute Gasteiger partial charge is 0.337 e. The number of aromatic nitrogens is 1. The maximum Gasteiger partial charge on any atom is 0.406 e. The van der Waals surface area contributed by atoms with Gasteiger partial charge in [-0.05, 0) is 12.1 Å². The summed E-state index contributed by atoms with van der Waals surface area (Å²) < 4.78 is 65.3. The van der Waals surface area contributed by atoms with Gasteiger partial charge in [-0.1, -0.05) is 22.0 Å². The molecule has 0 spiro atoms. The average molecular weight is 397 g/mol. The van der Waals surface area contributed by atoms with Crippen LogP contribution in [0.15, 0.2) is 28.9 Å². The highest BCUT2D eigenvalue weighted by Crippen LogP contribution is 2.32. The summed E-state index contributed by atoms with van der Waals surface area (Å²) in [4.78, 5) is 13.2. The third kappa shape index (κ3) is 3.19. The highest BCUT2D eigenvalue weighted by Gasteiger charge is 2.46. The van der Waals surface area contributed by atoms with Crippen molar-refractivity contribution >= 4 is 32.7 Å². The number of alkyl halides is 5. The summed E-state index contributed by atoms with van der Waals surface area (Å²) >= 11 is 3.17. The van der Waals surface area contributed by atoms with Gasteiger partial charge in [-0.15, -0.1) is 0 Å². The lowest BCUT2D eigenvalue weighted by molar-refractivity contribution is -0.139. The van der Waals surface area contributed by atoms with Crippen LogP contribution in [-0.4, -0.2) is 40.6 Å². The van der Waals surface area contributed by atoms with Crippen molar-refractivity contribution in [1.29, 1.82) is 0 Å². The zero-order valence-electron chi connectivity index (χ0n) is 11.5. The van der Waals surface area contributed by atoms with Gasteiger partial charge in [0.05, 0.1) is 24.2 Å². The molecule has 0 radical (unpaired) electrons. The zero-order chi connectivity index (χ0) is 17.0. The second-order valence-corrected chi connectivity index (χ2v) is 6.38. The lowest BCUT2D eigenvalue weighted by atomic mass is 10.1. The molecular formula is C14H10BrF5N2O. The average Bonchev–Trinajstić information content (AvgIpc) is 2.71. The van der Waals surface area contributed by atoms with Crippen LogP contribution in [0.25, 0.3) is 10.9 Å². The molecule has 0 aliphatic carbocycles. The molecule has 0 N–H and O–H groups in total. The molecule has 3 nitrogen and oxygen atoms in total. The van der Waals surface area contributed by atoms with Crippen molar-refractivity contribution in [3.05, 3.63) is 34.4 Å². The Bertz CT molecular complexity index is 775. The van der Waals surface area contributed by atoms with E-state index in [-0.39, 0.29) is 11.1 Å². The number of amides is 1. The van der Waals surface area contributed by atoms with E-state index in [1.165, 1.54) is 12.1 Å². The summed E-state index contributed by atoms with van der Waals surface area (Å²) in [5, 5.41) is 0.303. The van der Waals surface area contributed by atoms with E-state index in [0.717, 1.165) is 15.7 Å². The summed E-state index contributed by atoms with van der Waals surface area (Å²) in [7, 11) is 0. The van der Waals surface area contributed by atoms with Crippen molar-refractivity contribution in [3.8, 4) is 0 Å². The molecule has 23 heavy (non-hydrogen) atoms. The van der Waals surface area contributed by atoms with Crippen LogP contribution in [0.1, 0.15) is 10.4 Å². The van der Waals surface area contributed by atoms with E-state index in [1.54, 1.807) is 6.07 Å². The molecule has 1 saturated heterocycles. The largest absolute Gasteiger partial charge is 0.406 e. The van der Waals surface area contributed by atoms with Gasteiger partial charge in [0.1, 0.15) is 6.54 Å². The van der Waals surface area contributed by atoms with Gasteiger partial charge in [-0.3, -0.25) is 4.79 Å². The van der Waals surface area contributed by atoms with E-state index < -0.39 is 37.6 Å². The molecular weight excluding hydrogens is 387 g/mol. The van der Waals surface area contributed by atoms with E-state index in [2.05, 4.69) is 15.9 Å². The number of rotatable bonds is 2. The van der Waals surface area contributed by atoms with Crippen molar-refractivity contribution in [2.24, 2.45) is 0 Å². The molecule has 2 aromatic rings. The third-order valence-electron chi connectivity index (χ3n) is 3.56. The van der Waals surface area contributed by atoms with Crippen LogP contribution in [0.2, 0.25) is 0 Å². The SMILES string of the molecule is O=C(c1cn(CC(F)(F)F)c2cc(Br)ccc12)N1CC(F)(F)C1. The first-order chi connectivity index (χ1) is 10.6. The number of carbonyl (C=O) groups is 1. The zero-order valence-corrected chi connectivity index (χ0v) is 13.1. The number of fused-ring (bicyclic) bond motifs is 1. The van der Waals surface area contributed by atoms with Crippen LogP contribution in [0.4, 0.5) is 22.0 Å². The van der Waals surface area contributed by atoms with E-state index >= 15 is 0 Å². The summed E-state index contributed by atoms with van der Waals surface area (Å²) in [6.45, 7) is -2.69. The van der Waals surface area contributed by atoms with E-state index in [1.807, 2.05) is 0 Å². The lowest BCUT2D eigenvalue weighted by Gasteiger charge is -2.38. The molecule has 1 aromatic carbocycles. The molecule has 2 heterocycles. The minimum Gasteiger partial charge on any atom is -0.337 e. The van der Waals surface area contributed by atoms with E-state index in [9.17, 15) is 26.7 Å². The molecule has 1 aliphatic rings. The topological polar surface area (TPSA) is 25.2 Å². The highest BCUT2D eigenvalue weighted by atomic mass is 79.9. The summed E-state index contributed by atoms with van der Waals surface area (Å²) in [6.07, 6.45) is -3.39. The Kier molecular flexibility index (Phi) is 3.66. The Morgan fingerprint density at radius 2 is 1.91 bits per heavy atom. The van der Waals surface area contributed by atoms with Crippen LogP contribution in [0, 0.1) is 0 Å². The van der Waals surface area contributed by atoms with Gasteiger partial charge in [-0.25, -0.2) is 8.78 Å². The Hall–Kier alpha value is -1.64. The summed E-state index contributed by atoms with van der Waals surface area (Å²) in [5.41, 5.74) is 0.208. The van der Waals surface area contributed by atoms with Gasteiger partial charge in [-0.2, -0.15) is 13.2 Å². The lowest BCUT2D eigenvalue weighted by Crippen LogP contribution is -2.58. The number of carbonyl (C=O) groups excluding carboxylic acids is 1. The molecule has 0 atom stereocenters. The number of likely N-dealkylation sites (tertiary alicyclic amines) is 1. The van der Waals surface area contributed by atoms with Crippen molar-refractivity contribution < 1.29 is 26.7 Å². The number of benzene rings is 1. The quantitative estimate of drug-likeness (QED) is 0.702. The Labute approximate surface area is 135 Å². The first kappa shape index (κ1) is 16.2. The molecule has 1 aliphatic heterocycles. The summed E-state index contributed by atoms with van der Waals surface area (Å²) in [6, 6.07) is 4.54. The normalized spacial score (nSPS) is 17.4. The maximum atomic E-state index is 12.9. The van der Waals surface area contributed by atoms with Crippen LogP contribution in [-0.2, 0) is 6.54 Å². The number of nitrogens with zero attached hydrogens (tertiary/aromatic N) is 2. The van der Waals surface area contributed by atoms with Crippen molar-refractivity contribution in [2.45, 2.75) is 18.6 Å². The molecule has 0 bridgehead atoms. The van der Waals surface area contributed by atoms with E-state index in [0.29, 0.717) is 9.86 Å². The van der Waals surface area contributed by atoms with Crippen molar-refractivity contribution in [3.63, 3.8) is 0 Å². The molecule has 124 valence electrons. The fraction of sp³-hybridized carbons (Fsp3) is 0.357. The molecule has 3 rings (SSSR count). The van der Waals surface area contributed by atoms with Crippen LogP contribution in [0.5, 0.6) is 0 Å². The molecule has 1 fully saturated rings. The number of halogens is 6. The Balaban J connectivity index is 2.02. The minimum absolute atomic E-state index is 0.00718. The third-order valence-corrected chi connectivity index (χ3v) is 4.05. The van der Waals surface area contributed by atoms with Gasteiger partial charge in [0.25, 0.3) is 11.8 Å². The number of hydrogen-bond acceptors (Lipinski definition) is 1. The minimum atomic E-state index is -4.46. The first-order valence-corrected chi connectivity index (χ1v) is 7.37. The van der Waals surface area contributed by atoms with Gasteiger partial charge in [0.15, 0.2) is 0 Å². The highest BCUT2D eigenvalue weighted by molar-refractivity contribution is 9.10. The predicted octanol–water partition coefficient (Wildman–Crippen LogP) is 4.06. The second-order valence-electron chi connectivity index (χ2n) is 5.46. The molecule has 0 unspecified atom stereocenters. The van der Waals surface area contributed by atoms with Crippen molar-refractivity contribution in [1.82, 2.24) is 9.47 Å². The van der Waals surface area contributed by atoms with E-state index in [4.69, 9.17) is 0 Å². The molecule has 1 aromatic heterocycles. The first-order valence-electron chi connectivity index (χ1n) is 6.58. The molecule has 0 saturated carbocycles.